The summed E-state index contributed by atoms with van der Waals surface area (Å²) in [4.78, 5) is 14.0. The lowest BCUT2D eigenvalue weighted by Gasteiger charge is -2.18. The summed E-state index contributed by atoms with van der Waals surface area (Å²) in [6.45, 7) is 5.09. The van der Waals surface area contributed by atoms with Crippen LogP contribution in [-0.4, -0.2) is 29.6 Å². The van der Waals surface area contributed by atoms with E-state index in [0.29, 0.717) is 13.1 Å². The Morgan fingerprint density at radius 3 is 2.65 bits per heavy atom. The van der Waals surface area contributed by atoms with Gasteiger partial charge in [0.15, 0.2) is 0 Å². The Labute approximate surface area is 137 Å². The lowest BCUT2D eigenvalue weighted by atomic mass is 10.0. The van der Waals surface area contributed by atoms with Gasteiger partial charge in [-0.15, -0.1) is 0 Å². The molecule has 0 aliphatic rings. The topological polar surface area (TPSA) is 58.4 Å². The van der Waals surface area contributed by atoms with Gasteiger partial charge in [-0.05, 0) is 31.5 Å². The maximum Gasteiger partial charge on any atom is 0.234 e. The molecule has 1 amide bonds. The minimum Gasteiger partial charge on any atom is -0.364 e. The molecule has 0 aliphatic carbocycles. The van der Waals surface area contributed by atoms with Crippen LogP contribution in [0.1, 0.15) is 43.1 Å². The highest BCUT2D eigenvalue weighted by molar-refractivity contribution is 5.78. The van der Waals surface area contributed by atoms with Gasteiger partial charge in [0.1, 0.15) is 6.26 Å². The highest BCUT2D eigenvalue weighted by Gasteiger charge is 2.12. The van der Waals surface area contributed by atoms with Crippen molar-refractivity contribution in [1.29, 1.82) is 0 Å². The van der Waals surface area contributed by atoms with E-state index >= 15 is 0 Å². The molecule has 0 saturated carbocycles. The fourth-order valence-corrected chi connectivity index (χ4v) is 2.53. The van der Waals surface area contributed by atoms with Crippen LogP contribution in [0.4, 0.5) is 0 Å². The number of aromatic nitrogens is 1. The number of hydrogen-bond acceptors (Lipinski definition) is 4. The van der Waals surface area contributed by atoms with Crippen molar-refractivity contribution < 1.29 is 9.32 Å². The number of carbonyl (C=O) groups is 1. The van der Waals surface area contributed by atoms with Gasteiger partial charge in [-0.2, -0.15) is 0 Å². The third-order valence-electron chi connectivity index (χ3n) is 3.73. The van der Waals surface area contributed by atoms with Crippen LogP contribution in [0.25, 0.3) is 0 Å². The summed E-state index contributed by atoms with van der Waals surface area (Å²) in [6, 6.07) is 10.3. The molecule has 1 aromatic carbocycles. The smallest absolute Gasteiger partial charge is 0.234 e. The van der Waals surface area contributed by atoms with Crippen molar-refractivity contribution >= 4 is 5.91 Å². The number of rotatable bonds is 8. The molecule has 2 aromatic rings. The number of aryl methyl sites for hydroxylation is 1. The summed E-state index contributed by atoms with van der Waals surface area (Å²) in [5.41, 5.74) is 3.28. The van der Waals surface area contributed by atoms with Gasteiger partial charge < -0.3 is 9.84 Å². The fraction of sp³-hybridized carbons (Fsp3) is 0.444. The van der Waals surface area contributed by atoms with Gasteiger partial charge in [-0.1, -0.05) is 42.8 Å². The average Bonchev–Trinajstić information content (AvgIpc) is 3.00. The zero-order valence-electron chi connectivity index (χ0n) is 14.1. The molecule has 0 bridgehead atoms. The van der Waals surface area contributed by atoms with Crippen molar-refractivity contribution in [2.24, 2.45) is 0 Å². The van der Waals surface area contributed by atoms with Gasteiger partial charge in [-0.25, -0.2) is 0 Å². The first kappa shape index (κ1) is 17.2. The Morgan fingerprint density at radius 2 is 2.04 bits per heavy atom. The van der Waals surface area contributed by atoms with Gasteiger partial charge in [0.05, 0.1) is 18.3 Å². The molecule has 0 spiro atoms. The first-order valence-electron chi connectivity index (χ1n) is 8.04. The molecule has 23 heavy (non-hydrogen) atoms. The molecule has 1 N–H and O–H groups in total. The molecule has 5 nitrogen and oxygen atoms in total. The Balaban J connectivity index is 1.81. The molecule has 1 aromatic heterocycles. The number of likely N-dealkylation sites (N-methyl/N-ethyl adjacent to an activating group) is 1. The summed E-state index contributed by atoms with van der Waals surface area (Å²) in [6.07, 6.45) is 3.77. The number of hydrogen-bond donors (Lipinski definition) is 1. The largest absolute Gasteiger partial charge is 0.364 e. The fourth-order valence-electron chi connectivity index (χ4n) is 2.53. The number of nitrogens with one attached hydrogen (secondary N) is 1. The first-order chi connectivity index (χ1) is 11.1. The van der Waals surface area contributed by atoms with Crippen LogP contribution in [0.15, 0.2) is 41.1 Å². The zero-order chi connectivity index (χ0) is 16.7. The van der Waals surface area contributed by atoms with E-state index in [0.717, 1.165) is 24.1 Å². The Hall–Kier alpha value is -2.14. The maximum atomic E-state index is 12.1. The van der Waals surface area contributed by atoms with Gasteiger partial charge >= 0.3 is 0 Å². The summed E-state index contributed by atoms with van der Waals surface area (Å²) in [7, 11) is 1.89. The van der Waals surface area contributed by atoms with Crippen molar-refractivity contribution in [1.82, 2.24) is 15.4 Å². The maximum absolute atomic E-state index is 12.1. The number of nitrogens with zero attached hydrogens (tertiary/aromatic N) is 2. The molecule has 2 rings (SSSR count). The SMILES string of the molecule is CCCc1ccc(C(C)NC(=O)CN(C)Cc2ccon2)cc1. The third-order valence-corrected chi connectivity index (χ3v) is 3.73. The predicted octanol–water partition coefficient (Wildman–Crippen LogP) is 2.94. The molecular formula is C18H25N3O2. The third kappa shape index (κ3) is 5.53. The van der Waals surface area contributed by atoms with Gasteiger partial charge in [0, 0.05) is 12.6 Å². The summed E-state index contributed by atoms with van der Waals surface area (Å²) < 4.78 is 4.79. The molecule has 0 aliphatic heterocycles. The highest BCUT2D eigenvalue weighted by Crippen LogP contribution is 2.14. The van der Waals surface area contributed by atoms with E-state index < -0.39 is 0 Å². The highest BCUT2D eigenvalue weighted by atomic mass is 16.5. The first-order valence-corrected chi connectivity index (χ1v) is 8.04. The Morgan fingerprint density at radius 1 is 1.30 bits per heavy atom. The van der Waals surface area contributed by atoms with Crippen molar-refractivity contribution in [2.75, 3.05) is 13.6 Å². The second-order valence-electron chi connectivity index (χ2n) is 5.94. The van der Waals surface area contributed by atoms with Crippen molar-refractivity contribution in [2.45, 2.75) is 39.3 Å². The van der Waals surface area contributed by atoms with E-state index in [1.54, 1.807) is 6.07 Å². The lowest BCUT2D eigenvalue weighted by Crippen LogP contribution is -2.36. The molecule has 5 heteroatoms. The van der Waals surface area contributed by atoms with Gasteiger partial charge in [0.2, 0.25) is 5.91 Å². The second-order valence-corrected chi connectivity index (χ2v) is 5.94. The van der Waals surface area contributed by atoms with Crippen LogP contribution in [-0.2, 0) is 17.8 Å². The van der Waals surface area contributed by atoms with Crippen molar-refractivity contribution in [3.8, 4) is 0 Å². The number of amides is 1. The molecule has 1 heterocycles. The summed E-state index contributed by atoms with van der Waals surface area (Å²) in [5.74, 6) is 0.00105. The minimum absolute atomic E-state index is 0.00105. The monoisotopic (exact) mass is 315 g/mol. The van der Waals surface area contributed by atoms with E-state index in [1.165, 1.54) is 11.8 Å². The van der Waals surface area contributed by atoms with Crippen LogP contribution in [0.5, 0.6) is 0 Å². The molecule has 1 unspecified atom stereocenters. The van der Waals surface area contributed by atoms with E-state index in [2.05, 4.69) is 41.7 Å². The predicted molar refractivity (Wildman–Crippen MR) is 89.8 cm³/mol. The van der Waals surface area contributed by atoms with Crippen LogP contribution in [0.2, 0.25) is 0 Å². The van der Waals surface area contributed by atoms with E-state index in [-0.39, 0.29) is 11.9 Å². The normalized spacial score (nSPS) is 12.3. The quantitative estimate of drug-likeness (QED) is 0.813. The molecular weight excluding hydrogens is 290 g/mol. The number of carbonyl (C=O) groups excluding carboxylic acids is 1. The van der Waals surface area contributed by atoms with Crippen molar-refractivity contribution in [3.05, 3.63) is 53.4 Å². The van der Waals surface area contributed by atoms with Gasteiger partial charge in [-0.3, -0.25) is 9.69 Å². The number of benzene rings is 1. The van der Waals surface area contributed by atoms with Crippen LogP contribution >= 0.6 is 0 Å². The summed E-state index contributed by atoms with van der Waals surface area (Å²) in [5, 5.41) is 6.88. The van der Waals surface area contributed by atoms with Crippen LogP contribution in [0, 0.1) is 0 Å². The van der Waals surface area contributed by atoms with E-state index in [4.69, 9.17) is 4.52 Å². The van der Waals surface area contributed by atoms with E-state index in [9.17, 15) is 4.79 Å². The molecule has 0 radical (unpaired) electrons. The average molecular weight is 315 g/mol. The van der Waals surface area contributed by atoms with Crippen LogP contribution in [0.3, 0.4) is 0 Å². The molecule has 124 valence electrons. The van der Waals surface area contributed by atoms with Crippen molar-refractivity contribution in [3.63, 3.8) is 0 Å². The zero-order valence-corrected chi connectivity index (χ0v) is 14.1. The minimum atomic E-state index is -0.00127. The van der Waals surface area contributed by atoms with Gasteiger partial charge in [0.25, 0.3) is 0 Å². The summed E-state index contributed by atoms with van der Waals surface area (Å²) >= 11 is 0. The van der Waals surface area contributed by atoms with Crippen LogP contribution < -0.4 is 5.32 Å². The molecule has 0 fully saturated rings. The van der Waals surface area contributed by atoms with E-state index in [1.807, 2.05) is 18.9 Å². The molecule has 0 saturated heterocycles. The standard InChI is InChI=1S/C18H25N3O2/c1-4-5-15-6-8-16(9-7-15)14(2)19-18(22)13-21(3)12-17-10-11-23-20-17/h6-11,14H,4-5,12-13H2,1-3H3,(H,19,22). The Bertz CT molecular complexity index is 593. The molecule has 1 atom stereocenters. The Kier molecular flexibility index (Phi) is 6.35. The lowest BCUT2D eigenvalue weighted by molar-refractivity contribution is -0.122. The second kappa shape index (κ2) is 8.48.